The van der Waals surface area contributed by atoms with Crippen molar-refractivity contribution in [1.82, 2.24) is 10.3 Å². The lowest BCUT2D eigenvalue weighted by atomic mass is 10.0. The normalized spacial score (nSPS) is 11.3. The lowest BCUT2D eigenvalue weighted by Crippen LogP contribution is -2.22. The number of hydrogen-bond acceptors (Lipinski definition) is 4. The van der Waals surface area contributed by atoms with E-state index >= 15 is 0 Å². The maximum Gasteiger partial charge on any atom is 0.244 e. The minimum Gasteiger partial charge on any atom is -0.497 e. The van der Waals surface area contributed by atoms with Crippen LogP contribution in [0.15, 0.2) is 53.2 Å². The van der Waals surface area contributed by atoms with Gasteiger partial charge in [-0.2, -0.15) is 0 Å². The molecule has 5 nitrogen and oxygen atoms in total. The molecule has 0 aliphatic rings. The molecular weight excluding hydrogens is 388 g/mol. The number of nitrogens with zero attached hydrogens (tertiary/aromatic N) is 1. The summed E-state index contributed by atoms with van der Waals surface area (Å²) in [6.07, 6.45) is 14.3. The fourth-order valence-corrected chi connectivity index (χ4v) is 3.64. The SMILES string of the molecule is CCCCCc1c(C=CC(=O)NCCCCc2cccnc2)oc2cc(OC)ccc12. The van der Waals surface area contributed by atoms with Gasteiger partial charge in [-0.25, -0.2) is 0 Å². The lowest BCUT2D eigenvalue weighted by molar-refractivity contribution is -0.116. The van der Waals surface area contributed by atoms with E-state index in [1.165, 1.54) is 12.0 Å². The van der Waals surface area contributed by atoms with Crippen LogP contribution in [0.2, 0.25) is 0 Å². The van der Waals surface area contributed by atoms with Crippen LogP contribution in [0.25, 0.3) is 17.0 Å². The van der Waals surface area contributed by atoms with Crippen molar-refractivity contribution in [2.45, 2.75) is 51.9 Å². The molecule has 31 heavy (non-hydrogen) atoms. The molecule has 1 amide bonds. The molecule has 1 aromatic carbocycles. The summed E-state index contributed by atoms with van der Waals surface area (Å²) in [5.41, 5.74) is 3.18. The van der Waals surface area contributed by atoms with Gasteiger partial charge in [0.05, 0.1) is 7.11 Å². The predicted molar refractivity (Wildman–Crippen MR) is 125 cm³/mol. The van der Waals surface area contributed by atoms with E-state index in [1.54, 1.807) is 25.5 Å². The summed E-state index contributed by atoms with van der Waals surface area (Å²) in [7, 11) is 1.65. The fraction of sp³-hybridized carbons (Fsp3) is 0.385. The minimum atomic E-state index is -0.0982. The number of pyridine rings is 1. The number of carbonyl (C=O) groups excluding carboxylic acids is 1. The van der Waals surface area contributed by atoms with Crippen LogP contribution in [-0.4, -0.2) is 24.5 Å². The molecule has 0 fully saturated rings. The molecule has 3 aromatic rings. The summed E-state index contributed by atoms with van der Waals surface area (Å²) in [5, 5.41) is 4.05. The third-order valence-electron chi connectivity index (χ3n) is 5.36. The second-order valence-electron chi connectivity index (χ2n) is 7.71. The number of benzene rings is 1. The van der Waals surface area contributed by atoms with Crippen LogP contribution in [0.4, 0.5) is 0 Å². The molecule has 0 aliphatic heterocycles. The van der Waals surface area contributed by atoms with Crippen molar-refractivity contribution in [2.24, 2.45) is 0 Å². The third-order valence-corrected chi connectivity index (χ3v) is 5.36. The second kappa shape index (κ2) is 11.9. The van der Waals surface area contributed by atoms with Gasteiger partial charge in [0.25, 0.3) is 0 Å². The highest BCUT2D eigenvalue weighted by Gasteiger charge is 2.13. The second-order valence-corrected chi connectivity index (χ2v) is 7.71. The number of amides is 1. The maximum absolute atomic E-state index is 12.3. The first-order valence-electron chi connectivity index (χ1n) is 11.2. The molecule has 1 N–H and O–H groups in total. The zero-order valence-electron chi connectivity index (χ0n) is 18.5. The molecule has 0 saturated carbocycles. The average molecular weight is 421 g/mol. The molecule has 164 valence electrons. The Hall–Kier alpha value is -3.08. The number of ether oxygens (including phenoxy) is 1. The Morgan fingerprint density at radius 3 is 2.81 bits per heavy atom. The van der Waals surface area contributed by atoms with Crippen LogP contribution >= 0.6 is 0 Å². The molecule has 0 unspecified atom stereocenters. The van der Waals surface area contributed by atoms with Crippen LogP contribution in [0, 0.1) is 0 Å². The van der Waals surface area contributed by atoms with Crippen LogP contribution < -0.4 is 10.1 Å². The number of aromatic nitrogens is 1. The third kappa shape index (κ3) is 6.71. The lowest BCUT2D eigenvalue weighted by Gasteiger charge is -2.03. The number of methoxy groups -OCH3 is 1. The molecule has 2 aromatic heterocycles. The Balaban J connectivity index is 1.57. The molecule has 0 bridgehead atoms. The van der Waals surface area contributed by atoms with Gasteiger partial charge in [-0.3, -0.25) is 9.78 Å². The standard InChI is InChI=1S/C26H32N2O3/c1-3-4-5-11-22-23-13-12-21(30-2)18-25(23)31-24(22)14-15-26(29)28-17-7-6-9-20-10-8-16-27-19-20/h8,10,12-16,18-19H,3-7,9,11,17H2,1-2H3,(H,28,29). The molecule has 0 aliphatic carbocycles. The number of furan rings is 1. The van der Waals surface area contributed by atoms with E-state index in [0.29, 0.717) is 6.54 Å². The summed E-state index contributed by atoms with van der Waals surface area (Å²) in [5.74, 6) is 1.42. The fourth-order valence-electron chi connectivity index (χ4n) is 3.64. The molecule has 0 radical (unpaired) electrons. The van der Waals surface area contributed by atoms with Crippen molar-refractivity contribution in [2.75, 3.05) is 13.7 Å². The van der Waals surface area contributed by atoms with E-state index in [-0.39, 0.29) is 5.91 Å². The first-order valence-corrected chi connectivity index (χ1v) is 11.2. The van der Waals surface area contributed by atoms with Gasteiger partial charge in [0.2, 0.25) is 5.91 Å². The van der Waals surface area contributed by atoms with E-state index in [4.69, 9.17) is 9.15 Å². The van der Waals surface area contributed by atoms with E-state index < -0.39 is 0 Å². The topological polar surface area (TPSA) is 64.4 Å². The van der Waals surface area contributed by atoms with Gasteiger partial charge in [0.15, 0.2) is 0 Å². The van der Waals surface area contributed by atoms with Crippen LogP contribution in [0.5, 0.6) is 5.75 Å². The Morgan fingerprint density at radius 2 is 2.03 bits per heavy atom. The van der Waals surface area contributed by atoms with Gasteiger partial charge in [0, 0.05) is 42.0 Å². The minimum absolute atomic E-state index is 0.0982. The van der Waals surface area contributed by atoms with E-state index in [0.717, 1.165) is 66.6 Å². The largest absolute Gasteiger partial charge is 0.497 e. The van der Waals surface area contributed by atoms with Gasteiger partial charge < -0.3 is 14.5 Å². The van der Waals surface area contributed by atoms with Crippen molar-refractivity contribution >= 4 is 23.0 Å². The van der Waals surface area contributed by atoms with E-state index in [1.807, 2.05) is 30.5 Å². The van der Waals surface area contributed by atoms with Gasteiger partial charge in [-0.15, -0.1) is 0 Å². The number of unbranched alkanes of at least 4 members (excludes halogenated alkanes) is 3. The molecule has 5 heteroatoms. The zero-order valence-corrected chi connectivity index (χ0v) is 18.5. The summed E-state index contributed by atoms with van der Waals surface area (Å²) < 4.78 is 11.4. The van der Waals surface area contributed by atoms with Crippen LogP contribution in [-0.2, 0) is 17.6 Å². The Labute approximate surface area is 184 Å². The quantitative estimate of drug-likeness (QED) is 0.301. The summed E-state index contributed by atoms with van der Waals surface area (Å²) >= 11 is 0. The first-order chi connectivity index (χ1) is 15.2. The Morgan fingerprint density at radius 1 is 1.16 bits per heavy atom. The van der Waals surface area contributed by atoms with Gasteiger partial charge in [0.1, 0.15) is 17.1 Å². The number of nitrogens with one attached hydrogen (secondary N) is 1. The smallest absolute Gasteiger partial charge is 0.244 e. The molecule has 3 rings (SSSR count). The summed E-state index contributed by atoms with van der Waals surface area (Å²) in [6, 6.07) is 9.92. The van der Waals surface area contributed by atoms with Crippen molar-refractivity contribution in [3.8, 4) is 5.75 Å². The van der Waals surface area contributed by atoms with Crippen molar-refractivity contribution < 1.29 is 13.9 Å². The van der Waals surface area contributed by atoms with E-state index in [2.05, 4.69) is 23.3 Å². The average Bonchev–Trinajstić information content (AvgIpc) is 3.15. The summed E-state index contributed by atoms with van der Waals surface area (Å²) in [6.45, 7) is 2.85. The van der Waals surface area contributed by atoms with Crippen molar-refractivity contribution in [3.05, 3.63) is 65.7 Å². The van der Waals surface area contributed by atoms with Crippen LogP contribution in [0.3, 0.4) is 0 Å². The monoisotopic (exact) mass is 420 g/mol. The van der Waals surface area contributed by atoms with Gasteiger partial charge in [-0.1, -0.05) is 25.8 Å². The predicted octanol–water partition coefficient (Wildman–Crippen LogP) is 5.72. The maximum atomic E-state index is 12.3. The van der Waals surface area contributed by atoms with E-state index in [9.17, 15) is 4.79 Å². The highest BCUT2D eigenvalue weighted by molar-refractivity contribution is 5.93. The van der Waals surface area contributed by atoms with Crippen molar-refractivity contribution in [3.63, 3.8) is 0 Å². The Kier molecular flexibility index (Phi) is 8.71. The molecule has 0 saturated heterocycles. The number of aryl methyl sites for hydroxylation is 2. The van der Waals surface area contributed by atoms with Crippen LogP contribution in [0.1, 0.15) is 55.9 Å². The van der Waals surface area contributed by atoms with Crippen molar-refractivity contribution in [1.29, 1.82) is 0 Å². The molecular formula is C26H32N2O3. The molecule has 0 spiro atoms. The number of rotatable bonds is 12. The Bertz CT molecular complexity index is 993. The number of fused-ring (bicyclic) bond motifs is 1. The highest BCUT2D eigenvalue weighted by Crippen LogP contribution is 2.31. The highest BCUT2D eigenvalue weighted by atomic mass is 16.5. The van der Waals surface area contributed by atoms with Gasteiger partial charge >= 0.3 is 0 Å². The first kappa shape index (κ1) is 22.6. The molecule has 0 atom stereocenters. The molecule has 2 heterocycles. The number of hydrogen-bond donors (Lipinski definition) is 1. The zero-order chi connectivity index (χ0) is 21.9. The number of carbonyl (C=O) groups is 1. The van der Waals surface area contributed by atoms with Gasteiger partial charge in [-0.05, 0) is 61.9 Å². The summed E-state index contributed by atoms with van der Waals surface area (Å²) in [4.78, 5) is 16.4.